The molecule has 0 atom stereocenters. The molecule has 0 aliphatic carbocycles. The van der Waals surface area contributed by atoms with Gasteiger partial charge in [-0.15, -0.1) is 5.10 Å². The van der Waals surface area contributed by atoms with E-state index in [0.29, 0.717) is 3.95 Å². The molecule has 158 valence electrons. The molecule has 1 N–H and O–H groups in total. The Morgan fingerprint density at radius 2 is 1.68 bits per heavy atom. The molecule has 2 aromatic heterocycles. The highest BCUT2D eigenvalue weighted by Gasteiger charge is 2.16. The van der Waals surface area contributed by atoms with Crippen LogP contribution in [0, 0.1) is 24.7 Å². The van der Waals surface area contributed by atoms with E-state index in [2.05, 4.69) is 15.5 Å². The predicted molar refractivity (Wildman–Crippen MR) is 129 cm³/mol. The second-order valence-corrected chi connectivity index (χ2v) is 9.86. The summed E-state index contributed by atoms with van der Waals surface area (Å²) in [6, 6.07) is 17.9. The number of carbonyl (C=O) groups is 1. The van der Waals surface area contributed by atoms with Crippen molar-refractivity contribution < 1.29 is 4.79 Å². The third kappa shape index (κ3) is 4.79. The fourth-order valence-corrected chi connectivity index (χ4v) is 5.28. The van der Waals surface area contributed by atoms with Crippen molar-refractivity contribution in [1.82, 2.24) is 19.6 Å². The number of aromatic nitrogens is 4. The zero-order chi connectivity index (χ0) is 22.0. The van der Waals surface area contributed by atoms with Crippen LogP contribution in [0.4, 0.5) is 5.69 Å². The number of aryl methyl sites for hydroxylation is 2. The third-order valence-electron chi connectivity index (χ3n) is 4.69. The zero-order valence-corrected chi connectivity index (χ0v) is 19.8. The van der Waals surface area contributed by atoms with Crippen molar-refractivity contribution in [1.29, 1.82) is 0 Å². The van der Waals surface area contributed by atoms with Crippen molar-refractivity contribution in [3.05, 3.63) is 75.5 Å². The van der Waals surface area contributed by atoms with Gasteiger partial charge in [-0.3, -0.25) is 4.79 Å². The molecule has 0 spiro atoms. The molecular formula is C22H21N5OS3. The molecule has 2 heterocycles. The first-order chi connectivity index (χ1) is 14.9. The number of nitrogens with one attached hydrogen (secondary N) is 1. The third-order valence-corrected chi connectivity index (χ3v) is 7.06. The van der Waals surface area contributed by atoms with E-state index in [9.17, 15) is 4.79 Å². The van der Waals surface area contributed by atoms with Gasteiger partial charge < -0.3 is 5.32 Å². The number of anilines is 1. The van der Waals surface area contributed by atoms with E-state index in [-0.39, 0.29) is 11.7 Å². The summed E-state index contributed by atoms with van der Waals surface area (Å²) in [5, 5.41) is 12.1. The smallest absolute Gasteiger partial charge is 0.234 e. The molecule has 2 aromatic carbocycles. The van der Waals surface area contributed by atoms with Gasteiger partial charge in [-0.2, -0.15) is 5.10 Å². The van der Waals surface area contributed by atoms with Gasteiger partial charge in [0.1, 0.15) is 0 Å². The maximum absolute atomic E-state index is 12.6. The van der Waals surface area contributed by atoms with Crippen LogP contribution >= 0.6 is 35.3 Å². The Balaban J connectivity index is 1.44. The van der Waals surface area contributed by atoms with Gasteiger partial charge >= 0.3 is 0 Å². The normalized spacial score (nSPS) is 10.9. The lowest BCUT2D eigenvalue weighted by Gasteiger charge is -2.07. The predicted octanol–water partition coefficient (Wildman–Crippen LogP) is 5.51. The van der Waals surface area contributed by atoms with E-state index in [1.54, 1.807) is 4.68 Å². The van der Waals surface area contributed by atoms with Crippen molar-refractivity contribution in [3.63, 3.8) is 0 Å². The van der Waals surface area contributed by atoms with E-state index >= 15 is 0 Å². The van der Waals surface area contributed by atoms with Crippen LogP contribution in [0.2, 0.25) is 0 Å². The molecule has 0 saturated carbocycles. The standard InChI is InChI=1S/C22H21N5OS3/c1-14-9-11-18(12-10-14)26-16(3)20(15(2)24-26)23-19(28)13-30-21-25-27(22(29)31-21)17-7-5-4-6-8-17/h4-12H,13H2,1-3H3,(H,23,28). The van der Waals surface area contributed by atoms with Crippen LogP contribution in [0.3, 0.4) is 0 Å². The van der Waals surface area contributed by atoms with Crippen LogP contribution in [-0.4, -0.2) is 31.2 Å². The number of hydrogen-bond donors (Lipinski definition) is 1. The maximum Gasteiger partial charge on any atom is 0.234 e. The zero-order valence-electron chi connectivity index (χ0n) is 17.3. The lowest BCUT2D eigenvalue weighted by Crippen LogP contribution is -2.15. The first kappa shape index (κ1) is 21.5. The Hall–Kier alpha value is -2.75. The van der Waals surface area contributed by atoms with Gasteiger partial charge in [-0.1, -0.05) is 59.0 Å². The van der Waals surface area contributed by atoms with E-state index in [0.717, 1.165) is 32.8 Å². The number of benzene rings is 2. The Kier molecular flexibility index (Phi) is 6.35. The fourth-order valence-electron chi connectivity index (χ4n) is 3.12. The summed E-state index contributed by atoms with van der Waals surface area (Å²) in [5.74, 6) is 0.137. The number of thioether (sulfide) groups is 1. The highest BCUT2D eigenvalue weighted by atomic mass is 32.2. The molecule has 0 radical (unpaired) electrons. The van der Waals surface area contributed by atoms with E-state index < -0.39 is 0 Å². The molecule has 0 bridgehead atoms. The van der Waals surface area contributed by atoms with Crippen molar-refractivity contribution in [2.45, 2.75) is 25.1 Å². The second kappa shape index (κ2) is 9.17. The largest absolute Gasteiger partial charge is 0.322 e. The first-order valence-corrected chi connectivity index (χ1v) is 11.8. The Morgan fingerprint density at radius 1 is 1.00 bits per heavy atom. The summed E-state index contributed by atoms with van der Waals surface area (Å²) in [6.45, 7) is 5.90. The molecule has 1 amide bonds. The Bertz CT molecular complexity index is 1270. The molecule has 4 rings (SSSR count). The molecule has 0 aliphatic rings. The summed E-state index contributed by atoms with van der Waals surface area (Å²) in [5.41, 5.74) is 5.48. The summed E-state index contributed by atoms with van der Waals surface area (Å²) >= 11 is 8.20. The van der Waals surface area contributed by atoms with Crippen LogP contribution < -0.4 is 5.32 Å². The number of carbonyl (C=O) groups excluding carboxylic acids is 1. The minimum atomic E-state index is -0.105. The quantitative estimate of drug-likeness (QED) is 0.299. The van der Waals surface area contributed by atoms with Gasteiger partial charge in [-0.25, -0.2) is 9.36 Å². The lowest BCUT2D eigenvalue weighted by atomic mass is 10.2. The molecule has 9 heteroatoms. The number of amides is 1. The van der Waals surface area contributed by atoms with Crippen LogP contribution in [0.1, 0.15) is 17.0 Å². The summed E-state index contributed by atoms with van der Waals surface area (Å²) < 4.78 is 4.98. The molecular weight excluding hydrogens is 446 g/mol. The molecule has 0 saturated heterocycles. The lowest BCUT2D eigenvalue weighted by molar-refractivity contribution is -0.113. The number of para-hydroxylation sites is 1. The van der Waals surface area contributed by atoms with Crippen LogP contribution in [0.15, 0.2) is 58.9 Å². The SMILES string of the molecule is Cc1ccc(-n2nc(C)c(NC(=O)CSc3nn(-c4ccccc4)c(=S)s3)c2C)cc1. The average Bonchev–Trinajstić information content (AvgIpc) is 3.28. The van der Waals surface area contributed by atoms with Gasteiger partial charge in [-0.05, 0) is 57.3 Å². The topological polar surface area (TPSA) is 64.7 Å². The second-order valence-electron chi connectivity index (χ2n) is 7.01. The first-order valence-electron chi connectivity index (χ1n) is 9.64. The van der Waals surface area contributed by atoms with E-state index in [1.807, 2.05) is 80.1 Å². The van der Waals surface area contributed by atoms with Gasteiger partial charge in [0.05, 0.1) is 34.2 Å². The monoisotopic (exact) mass is 467 g/mol. The van der Waals surface area contributed by atoms with Crippen LogP contribution in [-0.2, 0) is 4.79 Å². The molecule has 6 nitrogen and oxygen atoms in total. The van der Waals surface area contributed by atoms with Crippen molar-refractivity contribution in [2.24, 2.45) is 0 Å². The minimum Gasteiger partial charge on any atom is -0.322 e. The molecule has 0 fully saturated rings. The highest BCUT2D eigenvalue weighted by molar-refractivity contribution is 8.01. The van der Waals surface area contributed by atoms with Gasteiger partial charge in [0.2, 0.25) is 5.91 Å². The average molecular weight is 468 g/mol. The Morgan fingerprint density at radius 3 is 2.39 bits per heavy atom. The van der Waals surface area contributed by atoms with Gasteiger partial charge in [0.25, 0.3) is 0 Å². The Labute approximate surface area is 193 Å². The molecule has 4 aromatic rings. The number of hydrogen-bond acceptors (Lipinski definition) is 6. The van der Waals surface area contributed by atoms with Crippen molar-refractivity contribution >= 4 is 46.9 Å². The van der Waals surface area contributed by atoms with E-state index in [4.69, 9.17) is 12.2 Å². The molecule has 31 heavy (non-hydrogen) atoms. The summed E-state index contributed by atoms with van der Waals surface area (Å²) in [6.07, 6.45) is 0. The maximum atomic E-state index is 12.6. The summed E-state index contributed by atoms with van der Waals surface area (Å²) in [4.78, 5) is 12.6. The fraction of sp³-hybridized carbons (Fsp3) is 0.182. The molecule has 0 unspecified atom stereocenters. The molecule has 0 aliphatic heterocycles. The highest BCUT2D eigenvalue weighted by Crippen LogP contribution is 2.26. The van der Waals surface area contributed by atoms with Crippen LogP contribution in [0.5, 0.6) is 0 Å². The number of rotatable bonds is 6. The van der Waals surface area contributed by atoms with Crippen molar-refractivity contribution in [2.75, 3.05) is 11.1 Å². The van der Waals surface area contributed by atoms with Gasteiger partial charge in [0.15, 0.2) is 8.29 Å². The van der Waals surface area contributed by atoms with Gasteiger partial charge in [0, 0.05) is 0 Å². The van der Waals surface area contributed by atoms with Crippen molar-refractivity contribution in [3.8, 4) is 11.4 Å². The van der Waals surface area contributed by atoms with Crippen LogP contribution in [0.25, 0.3) is 11.4 Å². The number of nitrogens with zero attached hydrogens (tertiary/aromatic N) is 4. The summed E-state index contributed by atoms with van der Waals surface area (Å²) in [7, 11) is 0. The van der Waals surface area contributed by atoms with E-state index in [1.165, 1.54) is 28.7 Å². The minimum absolute atomic E-state index is 0.105.